The number of fused-ring (bicyclic) bond motifs is 1. The molecule has 0 amide bonds. The average molecular weight is 320 g/mol. The molecule has 0 fully saturated rings. The molecule has 5 nitrogen and oxygen atoms in total. The molecule has 0 aliphatic heterocycles. The van der Waals surface area contributed by atoms with Crippen molar-refractivity contribution in [3.05, 3.63) is 35.7 Å². The van der Waals surface area contributed by atoms with E-state index < -0.39 is 0 Å². The van der Waals surface area contributed by atoms with Gasteiger partial charge in [-0.25, -0.2) is 0 Å². The van der Waals surface area contributed by atoms with Gasteiger partial charge in [-0.3, -0.25) is 5.10 Å². The van der Waals surface area contributed by atoms with Crippen LogP contribution in [0.3, 0.4) is 0 Å². The van der Waals surface area contributed by atoms with E-state index in [1.54, 1.807) is 18.0 Å². The molecule has 0 atom stereocenters. The second-order valence-electron chi connectivity index (χ2n) is 4.76. The van der Waals surface area contributed by atoms with E-state index in [0.29, 0.717) is 16.7 Å². The molecular formula is C14H14ClN5S. The molecule has 2 N–H and O–H groups in total. The average Bonchev–Trinajstić information content (AvgIpc) is 2.88. The lowest BCUT2D eigenvalue weighted by atomic mass is 10.3. The van der Waals surface area contributed by atoms with Gasteiger partial charge in [-0.2, -0.15) is 15.1 Å². The third kappa shape index (κ3) is 3.11. The second-order valence-corrected chi connectivity index (χ2v) is 6.72. The largest absolute Gasteiger partial charge is 0.339 e. The predicted octanol–water partition coefficient (Wildman–Crippen LogP) is 4.25. The number of benzene rings is 1. The summed E-state index contributed by atoms with van der Waals surface area (Å²) in [6, 6.07) is 8.12. The zero-order valence-corrected chi connectivity index (χ0v) is 13.2. The van der Waals surface area contributed by atoms with E-state index in [0.717, 1.165) is 11.1 Å². The molecule has 2 heterocycles. The molecule has 1 aromatic carbocycles. The number of para-hydroxylation sites is 1. The molecular weight excluding hydrogens is 306 g/mol. The highest BCUT2D eigenvalue weighted by molar-refractivity contribution is 8.00. The van der Waals surface area contributed by atoms with Gasteiger partial charge in [-0.05, 0) is 23.7 Å². The van der Waals surface area contributed by atoms with Crippen LogP contribution in [0.2, 0.25) is 5.28 Å². The van der Waals surface area contributed by atoms with Crippen molar-refractivity contribution < 1.29 is 0 Å². The SMILES string of the molecule is CC(C)Sc1ccccc1Nc1nc(Cl)nc2[nH]ncc12. The lowest BCUT2D eigenvalue weighted by Crippen LogP contribution is -1.98. The maximum Gasteiger partial charge on any atom is 0.226 e. The molecule has 3 aromatic rings. The molecule has 0 radical (unpaired) electrons. The summed E-state index contributed by atoms with van der Waals surface area (Å²) in [6.07, 6.45) is 1.69. The van der Waals surface area contributed by atoms with Gasteiger partial charge in [0.1, 0.15) is 5.82 Å². The molecule has 3 rings (SSSR count). The fourth-order valence-electron chi connectivity index (χ4n) is 1.96. The number of H-pyrrole nitrogens is 1. The topological polar surface area (TPSA) is 66.5 Å². The summed E-state index contributed by atoms with van der Waals surface area (Å²) in [7, 11) is 0. The van der Waals surface area contributed by atoms with Crippen LogP contribution in [0.4, 0.5) is 11.5 Å². The quantitative estimate of drug-likeness (QED) is 0.556. The van der Waals surface area contributed by atoms with Crippen LogP contribution in [0.5, 0.6) is 0 Å². The molecule has 21 heavy (non-hydrogen) atoms. The first-order chi connectivity index (χ1) is 10.1. The number of anilines is 2. The van der Waals surface area contributed by atoms with Gasteiger partial charge in [0, 0.05) is 10.1 Å². The molecule has 0 unspecified atom stereocenters. The Morgan fingerprint density at radius 2 is 2.05 bits per heavy atom. The Morgan fingerprint density at radius 3 is 2.86 bits per heavy atom. The normalized spacial score (nSPS) is 11.2. The number of hydrogen-bond acceptors (Lipinski definition) is 5. The van der Waals surface area contributed by atoms with Crippen LogP contribution in [-0.2, 0) is 0 Å². The van der Waals surface area contributed by atoms with Gasteiger partial charge in [-0.1, -0.05) is 26.0 Å². The summed E-state index contributed by atoms with van der Waals surface area (Å²) >= 11 is 7.75. The number of aromatic amines is 1. The van der Waals surface area contributed by atoms with E-state index in [9.17, 15) is 0 Å². The van der Waals surface area contributed by atoms with Crippen molar-refractivity contribution >= 4 is 45.9 Å². The van der Waals surface area contributed by atoms with Gasteiger partial charge in [-0.15, -0.1) is 11.8 Å². The molecule has 0 spiro atoms. The number of nitrogens with zero attached hydrogens (tertiary/aromatic N) is 3. The van der Waals surface area contributed by atoms with Crippen molar-refractivity contribution in [1.29, 1.82) is 0 Å². The lowest BCUT2D eigenvalue weighted by molar-refractivity contribution is 1.09. The van der Waals surface area contributed by atoms with Crippen molar-refractivity contribution in [1.82, 2.24) is 20.2 Å². The van der Waals surface area contributed by atoms with Crippen molar-refractivity contribution in [2.75, 3.05) is 5.32 Å². The Morgan fingerprint density at radius 1 is 1.24 bits per heavy atom. The molecule has 0 aliphatic carbocycles. The highest BCUT2D eigenvalue weighted by Gasteiger charge is 2.11. The smallest absolute Gasteiger partial charge is 0.226 e. The predicted molar refractivity (Wildman–Crippen MR) is 87.4 cm³/mol. The molecule has 2 aromatic heterocycles. The highest BCUT2D eigenvalue weighted by Crippen LogP contribution is 2.33. The summed E-state index contributed by atoms with van der Waals surface area (Å²) in [6.45, 7) is 4.33. The van der Waals surface area contributed by atoms with Gasteiger partial charge in [0.2, 0.25) is 5.28 Å². The number of aromatic nitrogens is 4. The van der Waals surface area contributed by atoms with Gasteiger partial charge in [0.15, 0.2) is 5.65 Å². The maximum absolute atomic E-state index is 5.96. The van der Waals surface area contributed by atoms with Crippen LogP contribution in [0.15, 0.2) is 35.4 Å². The van der Waals surface area contributed by atoms with Crippen LogP contribution in [0.25, 0.3) is 11.0 Å². The summed E-state index contributed by atoms with van der Waals surface area (Å²) < 4.78 is 0. The number of rotatable bonds is 4. The molecule has 0 aliphatic rings. The minimum atomic E-state index is 0.184. The van der Waals surface area contributed by atoms with E-state index in [1.165, 1.54) is 4.90 Å². The first-order valence-corrected chi connectivity index (χ1v) is 7.78. The summed E-state index contributed by atoms with van der Waals surface area (Å²) in [5, 5.41) is 11.6. The number of halogens is 1. The zero-order chi connectivity index (χ0) is 14.8. The highest BCUT2D eigenvalue weighted by atomic mass is 35.5. The lowest BCUT2D eigenvalue weighted by Gasteiger charge is -2.13. The number of hydrogen-bond donors (Lipinski definition) is 2. The molecule has 7 heteroatoms. The van der Waals surface area contributed by atoms with Crippen molar-refractivity contribution in [2.45, 2.75) is 24.0 Å². The maximum atomic E-state index is 5.96. The van der Waals surface area contributed by atoms with Crippen molar-refractivity contribution in [3.8, 4) is 0 Å². The van der Waals surface area contributed by atoms with Gasteiger partial charge >= 0.3 is 0 Å². The summed E-state index contributed by atoms with van der Waals surface area (Å²) in [5.74, 6) is 0.649. The molecule has 0 bridgehead atoms. The fraction of sp³-hybridized carbons (Fsp3) is 0.214. The third-order valence-electron chi connectivity index (χ3n) is 2.79. The van der Waals surface area contributed by atoms with Crippen LogP contribution < -0.4 is 5.32 Å². The van der Waals surface area contributed by atoms with Gasteiger partial charge in [0.25, 0.3) is 0 Å². The second kappa shape index (κ2) is 5.91. The van der Waals surface area contributed by atoms with Crippen molar-refractivity contribution in [2.24, 2.45) is 0 Å². The Kier molecular flexibility index (Phi) is 3.98. The Bertz CT molecular complexity index is 771. The van der Waals surface area contributed by atoms with Crippen LogP contribution in [-0.4, -0.2) is 25.4 Å². The minimum absolute atomic E-state index is 0.184. The number of nitrogens with one attached hydrogen (secondary N) is 2. The molecule has 0 saturated carbocycles. The van der Waals surface area contributed by atoms with Gasteiger partial charge in [0.05, 0.1) is 17.3 Å². The first-order valence-electron chi connectivity index (χ1n) is 6.53. The number of thioether (sulfide) groups is 1. The Balaban J connectivity index is 2.01. The molecule has 108 valence electrons. The van der Waals surface area contributed by atoms with E-state index in [-0.39, 0.29) is 5.28 Å². The van der Waals surface area contributed by atoms with E-state index in [2.05, 4.69) is 45.4 Å². The minimum Gasteiger partial charge on any atom is -0.339 e. The monoisotopic (exact) mass is 319 g/mol. The molecule has 0 saturated heterocycles. The summed E-state index contributed by atoms with van der Waals surface area (Å²) in [5.41, 5.74) is 1.61. The van der Waals surface area contributed by atoms with Crippen LogP contribution >= 0.6 is 23.4 Å². The standard InChI is InChI=1S/C14H14ClN5S/c1-8(2)21-11-6-4-3-5-10(11)17-12-9-7-16-20-13(9)19-14(15)18-12/h3-8H,1-2H3,(H2,16,17,18,19,20). The van der Waals surface area contributed by atoms with E-state index >= 15 is 0 Å². The van der Waals surface area contributed by atoms with Gasteiger partial charge < -0.3 is 5.32 Å². The fourth-order valence-corrected chi connectivity index (χ4v) is 3.04. The Hall–Kier alpha value is -1.79. The van der Waals surface area contributed by atoms with E-state index in [1.807, 2.05) is 18.2 Å². The van der Waals surface area contributed by atoms with Crippen molar-refractivity contribution in [3.63, 3.8) is 0 Å². The third-order valence-corrected chi connectivity index (χ3v) is 4.04. The Labute approximate surface area is 131 Å². The van der Waals surface area contributed by atoms with E-state index in [4.69, 9.17) is 11.6 Å². The van der Waals surface area contributed by atoms with Crippen LogP contribution in [0.1, 0.15) is 13.8 Å². The zero-order valence-electron chi connectivity index (χ0n) is 11.6. The first kappa shape index (κ1) is 14.2. The van der Waals surface area contributed by atoms with Crippen LogP contribution in [0, 0.1) is 0 Å². The summed E-state index contributed by atoms with van der Waals surface area (Å²) in [4.78, 5) is 9.53.